The molecule has 30 heavy (non-hydrogen) atoms. The van der Waals surface area contributed by atoms with Crippen LogP contribution in [0.15, 0.2) is 42.6 Å². The molecule has 0 unspecified atom stereocenters. The third-order valence-electron chi connectivity index (χ3n) is 5.48. The van der Waals surface area contributed by atoms with Crippen LogP contribution in [0.2, 0.25) is 0 Å². The summed E-state index contributed by atoms with van der Waals surface area (Å²) in [5.41, 5.74) is 6.98. The molecule has 1 saturated carbocycles. The topological polar surface area (TPSA) is 109 Å². The van der Waals surface area contributed by atoms with Gasteiger partial charge < -0.3 is 11.1 Å². The van der Waals surface area contributed by atoms with Gasteiger partial charge in [0.1, 0.15) is 5.82 Å². The molecule has 2 aliphatic rings. The molecule has 1 saturated heterocycles. The first-order valence-corrected chi connectivity index (χ1v) is 10.3. The lowest BCUT2D eigenvalue weighted by atomic mass is 10.1. The van der Waals surface area contributed by atoms with Crippen molar-refractivity contribution in [1.82, 2.24) is 15.2 Å². The van der Waals surface area contributed by atoms with Gasteiger partial charge in [0, 0.05) is 31.5 Å². The Hall–Kier alpha value is -3.42. The van der Waals surface area contributed by atoms with Gasteiger partial charge in [-0.25, -0.2) is 9.78 Å². The Kier molecular flexibility index (Phi) is 5.65. The molecule has 8 heteroatoms. The van der Waals surface area contributed by atoms with Crippen LogP contribution in [0.5, 0.6) is 0 Å². The monoisotopic (exact) mass is 407 g/mol. The van der Waals surface area contributed by atoms with Crippen LogP contribution in [0.4, 0.5) is 16.3 Å². The lowest BCUT2D eigenvalue weighted by molar-refractivity contribution is 0.0794. The van der Waals surface area contributed by atoms with E-state index < -0.39 is 11.9 Å². The average molecular weight is 407 g/mol. The second-order valence-corrected chi connectivity index (χ2v) is 7.72. The van der Waals surface area contributed by atoms with Gasteiger partial charge in [0.15, 0.2) is 0 Å². The highest BCUT2D eigenvalue weighted by Crippen LogP contribution is 2.31. The molecular weight excluding hydrogens is 382 g/mol. The van der Waals surface area contributed by atoms with Crippen molar-refractivity contribution in [2.75, 3.05) is 30.3 Å². The van der Waals surface area contributed by atoms with E-state index in [1.54, 1.807) is 36.4 Å². The first-order valence-electron chi connectivity index (χ1n) is 10.3. The summed E-state index contributed by atoms with van der Waals surface area (Å²) in [6.45, 7) is 1.44. The molecule has 1 aliphatic carbocycles. The third kappa shape index (κ3) is 4.27. The van der Waals surface area contributed by atoms with Gasteiger partial charge in [-0.3, -0.25) is 19.4 Å². The number of carbonyl (C=O) groups excluding carboxylic acids is 3. The Morgan fingerprint density at radius 2 is 1.93 bits per heavy atom. The summed E-state index contributed by atoms with van der Waals surface area (Å²) in [5.74, 6) is 0.575. The molecule has 2 heterocycles. The van der Waals surface area contributed by atoms with Crippen LogP contribution in [-0.2, 0) is 0 Å². The summed E-state index contributed by atoms with van der Waals surface area (Å²) in [6, 6.07) is 9.55. The predicted molar refractivity (Wildman–Crippen MR) is 113 cm³/mol. The lowest BCUT2D eigenvalue weighted by Crippen LogP contribution is -2.52. The van der Waals surface area contributed by atoms with Gasteiger partial charge in [-0.2, -0.15) is 0 Å². The number of nitrogens with zero attached hydrogens (tertiary/aromatic N) is 3. The van der Waals surface area contributed by atoms with Crippen LogP contribution in [0, 0.1) is 5.92 Å². The van der Waals surface area contributed by atoms with E-state index in [-0.39, 0.29) is 5.91 Å². The highest BCUT2D eigenvalue weighted by Gasteiger charge is 2.33. The Bertz CT molecular complexity index is 956. The molecular formula is C22H25N5O3. The number of nitrogen functional groups attached to an aromatic ring is 1. The van der Waals surface area contributed by atoms with E-state index in [0.29, 0.717) is 48.7 Å². The molecule has 1 aromatic carbocycles. The van der Waals surface area contributed by atoms with Crippen LogP contribution < -0.4 is 16.0 Å². The number of urea groups is 1. The predicted octanol–water partition coefficient (Wildman–Crippen LogP) is 2.67. The zero-order valence-corrected chi connectivity index (χ0v) is 16.7. The van der Waals surface area contributed by atoms with Gasteiger partial charge in [-0.05, 0) is 43.0 Å². The smallest absolute Gasteiger partial charge is 0.332 e. The molecule has 0 atom stereocenters. The van der Waals surface area contributed by atoms with Crippen molar-refractivity contribution in [1.29, 1.82) is 0 Å². The second kappa shape index (κ2) is 8.52. The van der Waals surface area contributed by atoms with Gasteiger partial charge in [0.2, 0.25) is 0 Å². The first-order chi connectivity index (χ1) is 14.5. The van der Waals surface area contributed by atoms with E-state index in [0.717, 1.165) is 12.3 Å². The highest BCUT2D eigenvalue weighted by molar-refractivity contribution is 6.11. The minimum absolute atomic E-state index is 0.170. The van der Waals surface area contributed by atoms with Gasteiger partial charge in [-0.15, -0.1) is 0 Å². The average Bonchev–Trinajstić information content (AvgIpc) is 3.58. The van der Waals surface area contributed by atoms with Gasteiger partial charge in [0.05, 0.1) is 11.1 Å². The van der Waals surface area contributed by atoms with Gasteiger partial charge in [0.25, 0.3) is 11.8 Å². The number of hydrogen-bond acceptors (Lipinski definition) is 5. The number of benzene rings is 1. The van der Waals surface area contributed by atoms with E-state index >= 15 is 0 Å². The minimum Gasteiger partial charge on any atom is -0.398 e. The Morgan fingerprint density at radius 1 is 1.13 bits per heavy atom. The SMILES string of the molecule is Nc1ccccc1C(=O)N1CCCN(c2ccc(C(=O)NCCC3CC3)cn2)C1=O. The largest absolute Gasteiger partial charge is 0.398 e. The van der Waals surface area contributed by atoms with Crippen molar-refractivity contribution in [2.24, 2.45) is 5.92 Å². The standard InChI is InChI=1S/C22H25N5O3/c23-18-5-2-1-4-17(18)21(29)27-13-3-12-26(22(27)30)19-9-8-16(14-25-19)20(28)24-11-10-15-6-7-15/h1-2,4-5,8-9,14-15H,3,6-7,10-13,23H2,(H,24,28). The van der Waals surface area contributed by atoms with Crippen LogP contribution in [0.1, 0.15) is 46.4 Å². The molecule has 2 aromatic rings. The van der Waals surface area contributed by atoms with E-state index in [1.807, 2.05) is 0 Å². The maximum atomic E-state index is 13.0. The number of nitrogens with two attached hydrogens (primary N) is 1. The van der Waals surface area contributed by atoms with Crippen molar-refractivity contribution in [2.45, 2.75) is 25.7 Å². The molecule has 0 bridgehead atoms. The molecule has 3 N–H and O–H groups in total. The van der Waals surface area contributed by atoms with Crippen LogP contribution in [0.3, 0.4) is 0 Å². The van der Waals surface area contributed by atoms with Crippen molar-refractivity contribution >= 4 is 29.4 Å². The van der Waals surface area contributed by atoms with Crippen LogP contribution in [0.25, 0.3) is 0 Å². The molecule has 1 aliphatic heterocycles. The lowest BCUT2D eigenvalue weighted by Gasteiger charge is -2.33. The number of pyridine rings is 1. The maximum Gasteiger partial charge on any atom is 0.332 e. The molecule has 4 rings (SSSR count). The Labute approximate surface area is 175 Å². The second-order valence-electron chi connectivity index (χ2n) is 7.72. The van der Waals surface area contributed by atoms with Crippen molar-refractivity contribution in [3.8, 4) is 0 Å². The van der Waals surface area contributed by atoms with Gasteiger partial charge >= 0.3 is 6.03 Å². The van der Waals surface area contributed by atoms with E-state index in [2.05, 4.69) is 10.3 Å². The van der Waals surface area contributed by atoms with E-state index in [1.165, 1.54) is 28.8 Å². The number of carbonyl (C=O) groups is 3. The molecule has 0 radical (unpaired) electrons. The summed E-state index contributed by atoms with van der Waals surface area (Å²) in [5, 5.41) is 2.90. The summed E-state index contributed by atoms with van der Waals surface area (Å²) < 4.78 is 0. The van der Waals surface area contributed by atoms with Crippen molar-refractivity contribution in [3.63, 3.8) is 0 Å². The zero-order valence-electron chi connectivity index (χ0n) is 16.7. The molecule has 1 aromatic heterocycles. The number of amides is 4. The molecule has 4 amide bonds. The zero-order chi connectivity index (χ0) is 21.1. The molecule has 0 spiro atoms. The minimum atomic E-state index is -0.441. The fourth-order valence-electron chi connectivity index (χ4n) is 3.54. The normalized spacial score (nSPS) is 16.5. The van der Waals surface area contributed by atoms with Crippen molar-refractivity contribution in [3.05, 3.63) is 53.7 Å². The number of nitrogens with one attached hydrogen (secondary N) is 1. The fraction of sp³-hybridized carbons (Fsp3) is 0.364. The number of rotatable bonds is 6. The third-order valence-corrected chi connectivity index (χ3v) is 5.48. The van der Waals surface area contributed by atoms with E-state index in [4.69, 9.17) is 5.73 Å². The summed E-state index contributed by atoms with van der Waals surface area (Å²) in [4.78, 5) is 45.0. The van der Waals surface area contributed by atoms with Crippen LogP contribution in [-0.4, -0.2) is 47.4 Å². The number of hydrogen-bond donors (Lipinski definition) is 2. The summed E-state index contributed by atoms with van der Waals surface area (Å²) >= 11 is 0. The summed E-state index contributed by atoms with van der Waals surface area (Å²) in [6.07, 6.45) is 5.61. The van der Waals surface area contributed by atoms with E-state index in [9.17, 15) is 14.4 Å². The molecule has 8 nitrogen and oxygen atoms in total. The Morgan fingerprint density at radius 3 is 2.63 bits per heavy atom. The summed E-state index contributed by atoms with van der Waals surface area (Å²) in [7, 11) is 0. The highest BCUT2D eigenvalue weighted by atomic mass is 16.2. The quantitative estimate of drug-likeness (QED) is 0.716. The first kappa shape index (κ1) is 19.9. The number of aromatic nitrogens is 1. The number of para-hydroxylation sites is 1. The maximum absolute atomic E-state index is 13.0. The molecule has 156 valence electrons. The van der Waals surface area contributed by atoms with Gasteiger partial charge in [-0.1, -0.05) is 25.0 Å². The fourth-order valence-corrected chi connectivity index (χ4v) is 3.54. The molecule has 2 fully saturated rings. The Balaban J connectivity index is 1.43. The number of imide groups is 1. The van der Waals surface area contributed by atoms with Crippen molar-refractivity contribution < 1.29 is 14.4 Å². The van der Waals surface area contributed by atoms with Crippen LogP contribution >= 0.6 is 0 Å². The number of anilines is 2.